The van der Waals surface area contributed by atoms with Gasteiger partial charge in [0.25, 0.3) is 0 Å². The topological polar surface area (TPSA) is 123 Å². The van der Waals surface area contributed by atoms with Gasteiger partial charge in [-0.25, -0.2) is 19.3 Å². The zero-order valence-electron chi connectivity index (χ0n) is 26.7. The third-order valence-electron chi connectivity index (χ3n) is 7.65. The fourth-order valence-corrected chi connectivity index (χ4v) is 5.48. The molecule has 0 bridgehead atoms. The van der Waals surface area contributed by atoms with Gasteiger partial charge in [0.05, 0.1) is 29.2 Å². The molecule has 0 atom stereocenters. The summed E-state index contributed by atoms with van der Waals surface area (Å²) in [7, 11) is 1.60. The van der Waals surface area contributed by atoms with Crippen LogP contribution in [0.5, 0.6) is 17.2 Å². The summed E-state index contributed by atoms with van der Waals surface area (Å²) < 4.78 is 12.9. The fourth-order valence-electron chi connectivity index (χ4n) is 5.07. The molecule has 13 heteroatoms. The van der Waals surface area contributed by atoms with Gasteiger partial charge in [-0.1, -0.05) is 68.2 Å². The van der Waals surface area contributed by atoms with E-state index in [4.69, 9.17) is 37.8 Å². The number of carbonyl (C=O) groups is 2. The molecule has 5 aromatic rings. The van der Waals surface area contributed by atoms with Crippen LogP contribution in [0.4, 0.5) is 26.9 Å². The Morgan fingerprint density at radius 3 is 2.21 bits per heavy atom. The van der Waals surface area contributed by atoms with Gasteiger partial charge < -0.3 is 19.7 Å². The molecule has 246 valence electrons. The molecule has 0 saturated carbocycles. The van der Waals surface area contributed by atoms with Gasteiger partial charge in [-0.05, 0) is 53.6 Å². The number of ether oxygens (including phenoxy) is 2. The Bertz CT molecular complexity index is 1970. The number of nitrogens with zero attached hydrogens (tertiary/aromatic N) is 4. The lowest BCUT2D eigenvalue weighted by atomic mass is 9.92. The van der Waals surface area contributed by atoms with E-state index in [2.05, 4.69) is 20.9 Å². The van der Waals surface area contributed by atoms with E-state index in [-0.39, 0.29) is 32.9 Å². The maximum atomic E-state index is 13.2. The number of halogens is 2. The van der Waals surface area contributed by atoms with Gasteiger partial charge in [-0.3, -0.25) is 10.6 Å². The first kappa shape index (κ1) is 32.7. The number of hydrogen-bond donors (Lipinski definition) is 3. The van der Waals surface area contributed by atoms with Crippen molar-refractivity contribution in [1.29, 1.82) is 0 Å². The predicted octanol–water partition coefficient (Wildman–Crippen LogP) is 8.86. The van der Waals surface area contributed by atoms with Crippen molar-refractivity contribution in [3.05, 3.63) is 112 Å². The molecule has 0 unspecified atom stereocenters. The minimum Gasteiger partial charge on any atom is -0.497 e. The van der Waals surface area contributed by atoms with E-state index in [1.165, 1.54) is 6.20 Å². The summed E-state index contributed by atoms with van der Waals surface area (Å²) in [5.74, 6) is 2.10. The van der Waals surface area contributed by atoms with E-state index in [1.54, 1.807) is 41.0 Å². The molecule has 1 aliphatic heterocycles. The summed E-state index contributed by atoms with van der Waals surface area (Å²) in [4.78, 5) is 32.0. The van der Waals surface area contributed by atoms with E-state index >= 15 is 0 Å². The van der Waals surface area contributed by atoms with E-state index < -0.39 is 6.03 Å². The molecule has 48 heavy (non-hydrogen) atoms. The molecule has 3 heterocycles. The molecule has 3 N–H and O–H groups in total. The minimum atomic E-state index is -0.549. The second kappa shape index (κ2) is 13.5. The number of amides is 4. The third kappa shape index (κ3) is 7.17. The normalized spacial score (nSPS) is 12.3. The number of methoxy groups -OCH3 is 1. The predicted molar refractivity (Wildman–Crippen MR) is 187 cm³/mol. The minimum absolute atomic E-state index is 0.0829. The van der Waals surface area contributed by atoms with E-state index in [0.29, 0.717) is 36.2 Å². The molecule has 0 spiro atoms. The Morgan fingerprint density at radius 1 is 0.833 bits per heavy atom. The maximum Gasteiger partial charge on any atom is 0.324 e. The number of anilines is 3. The number of carbonyl (C=O) groups excluding carboxylic acids is 2. The second-order valence-corrected chi connectivity index (χ2v) is 12.9. The number of nitrogens with one attached hydrogen (secondary N) is 3. The Morgan fingerprint density at radius 2 is 1.54 bits per heavy atom. The molecular weight excluding hydrogens is 653 g/mol. The number of rotatable bonds is 7. The van der Waals surface area contributed by atoms with Crippen LogP contribution in [0.3, 0.4) is 0 Å². The Hall–Kier alpha value is -5.26. The number of hydrogen-bond acceptors (Lipinski definition) is 6. The SMILES string of the molecule is COc1ccc(-n2nc(C(C)(C)C)cc2NC(=O)Nc2ccc(Oc3ccnc(NC(=O)N4Cc5ccccc5C4)c3)c(Cl)c2Cl)cc1. The van der Waals surface area contributed by atoms with Gasteiger partial charge in [-0.15, -0.1) is 0 Å². The summed E-state index contributed by atoms with van der Waals surface area (Å²) in [5.41, 5.74) is 3.77. The molecule has 4 amide bonds. The molecule has 1 aliphatic rings. The lowest BCUT2D eigenvalue weighted by Gasteiger charge is -2.16. The summed E-state index contributed by atoms with van der Waals surface area (Å²) >= 11 is 13.2. The average Bonchev–Trinajstić information content (AvgIpc) is 3.70. The van der Waals surface area contributed by atoms with Crippen molar-refractivity contribution < 1.29 is 19.1 Å². The number of aromatic nitrogens is 3. The summed E-state index contributed by atoms with van der Waals surface area (Å²) in [6.45, 7) is 7.17. The number of fused-ring (bicyclic) bond motifs is 1. The van der Waals surface area contributed by atoms with Crippen LogP contribution >= 0.6 is 23.2 Å². The van der Waals surface area contributed by atoms with Gasteiger partial charge >= 0.3 is 12.1 Å². The highest BCUT2D eigenvalue weighted by atomic mass is 35.5. The quantitative estimate of drug-likeness (QED) is 0.157. The van der Waals surface area contributed by atoms with Gasteiger partial charge in [0.2, 0.25) is 0 Å². The molecule has 0 radical (unpaired) electrons. The second-order valence-electron chi connectivity index (χ2n) is 12.1. The first-order chi connectivity index (χ1) is 23.0. The Kier molecular flexibility index (Phi) is 9.16. The molecule has 0 fully saturated rings. The van der Waals surface area contributed by atoms with E-state index in [9.17, 15) is 9.59 Å². The molecule has 0 aliphatic carbocycles. The van der Waals surface area contributed by atoms with Crippen molar-refractivity contribution in [2.45, 2.75) is 39.3 Å². The molecule has 3 aromatic carbocycles. The van der Waals surface area contributed by atoms with Crippen LogP contribution in [0.2, 0.25) is 10.0 Å². The Balaban J connectivity index is 1.13. The van der Waals surface area contributed by atoms with Crippen molar-refractivity contribution >= 4 is 52.6 Å². The van der Waals surface area contributed by atoms with Crippen molar-refractivity contribution in [2.24, 2.45) is 0 Å². The van der Waals surface area contributed by atoms with Gasteiger partial charge in [0.15, 0.2) is 0 Å². The van der Waals surface area contributed by atoms with Crippen molar-refractivity contribution in [2.75, 3.05) is 23.1 Å². The highest BCUT2D eigenvalue weighted by Crippen LogP contribution is 2.40. The summed E-state index contributed by atoms with van der Waals surface area (Å²) in [5, 5.41) is 13.4. The summed E-state index contributed by atoms with van der Waals surface area (Å²) in [6, 6.07) is 22.7. The molecular formula is C35H33Cl2N7O4. The van der Waals surface area contributed by atoms with Crippen LogP contribution < -0.4 is 25.4 Å². The highest BCUT2D eigenvalue weighted by Gasteiger charge is 2.24. The van der Waals surface area contributed by atoms with Crippen LogP contribution in [-0.4, -0.2) is 38.8 Å². The van der Waals surface area contributed by atoms with Crippen LogP contribution in [0.1, 0.15) is 37.6 Å². The van der Waals surface area contributed by atoms with Gasteiger partial charge in [-0.2, -0.15) is 5.10 Å². The third-order valence-corrected chi connectivity index (χ3v) is 8.52. The average molecular weight is 687 g/mol. The van der Waals surface area contributed by atoms with E-state index in [0.717, 1.165) is 22.5 Å². The van der Waals surface area contributed by atoms with Crippen molar-refractivity contribution in [3.8, 4) is 22.9 Å². The van der Waals surface area contributed by atoms with Gasteiger partial charge in [0.1, 0.15) is 33.9 Å². The lowest BCUT2D eigenvalue weighted by Crippen LogP contribution is -2.30. The fraction of sp³-hybridized carbons (Fsp3) is 0.200. The number of urea groups is 2. The van der Waals surface area contributed by atoms with Gasteiger partial charge in [0, 0.05) is 36.8 Å². The highest BCUT2D eigenvalue weighted by molar-refractivity contribution is 6.45. The molecule has 0 saturated heterocycles. The van der Waals surface area contributed by atoms with Crippen LogP contribution in [0.15, 0.2) is 85.1 Å². The number of pyridine rings is 1. The monoisotopic (exact) mass is 685 g/mol. The molecule has 11 nitrogen and oxygen atoms in total. The van der Waals surface area contributed by atoms with Crippen molar-refractivity contribution in [1.82, 2.24) is 19.7 Å². The zero-order valence-corrected chi connectivity index (χ0v) is 28.2. The zero-order chi connectivity index (χ0) is 34.0. The van der Waals surface area contributed by atoms with Crippen molar-refractivity contribution in [3.63, 3.8) is 0 Å². The summed E-state index contributed by atoms with van der Waals surface area (Å²) in [6.07, 6.45) is 1.52. The molecule has 2 aromatic heterocycles. The van der Waals surface area contributed by atoms with Crippen LogP contribution in [0, 0.1) is 0 Å². The largest absolute Gasteiger partial charge is 0.497 e. The molecule has 6 rings (SSSR count). The Labute approximate surface area is 287 Å². The lowest BCUT2D eigenvalue weighted by molar-refractivity contribution is 0.212. The first-order valence-electron chi connectivity index (χ1n) is 15.1. The van der Waals surface area contributed by atoms with Crippen LogP contribution in [-0.2, 0) is 18.5 Å². The number of benzene rings is 3. The standard InChI is InChI=1S/C35H33Cl2N7O4/c1-35(2,3)28-18-30(44(42-28)23-9-11-24(47-4)12-10-23)41-33(45)39-26-13-14-27(32(37)31(26)36)48-25-15-16-38-29(17-25)40-34(46)43-19-21-7-5-6-8-22(21)20-43/h5-18H,19-20H2,1-4H3,(H,38,40,46)(H2,39,41,45). The van der Waals surface area contributed by atoms with E-state index in [1.807, 2.05) is 75.4 Å². The first-order valence-corrected chi connectivity index (χ1v) is 15.8. The van der Waals surface area contributed by atoms with Crippen LogP contribution in [0.25, 0.3) is 5.69 Å². The maximum absolute atomic E-state index is 13.2. The smallest absolute Gasteiger partial charge is 0.324 e.